The monoisotopic (exact) mass is 398 g/mol. The molecule has 1 aromatic carbocycles. The molecule has 2 atom stereocenters. The van der Waals surface area contributed by atoms with Crippen molar-refractivity contribution in [3.05, 3.63) is 35.4 Å². The van der Waals surface area contributed by atoms with E-state index in [1.165, 1.54) is 20.9 Å². The highest BCUT2D eigenvalue weighted by atomic mass is 32.2. The molecule has 3 N–H and O–H groups in total. The van der Waals surface area contributed by atoms with Crippen LogP contribution in [-0.4, -0.2) is 66.1 Å². The lowest BCUT2D eigenvalue weighted by molar-refractivity contribution is -0.161. The van der Waals surface area contributed by atoms with Gasteiger partial charge in [0.25, 0.3) is 5.91 Å². The standard InChI is InChI=1S/C18H26N2O6S/c1-13-4-2-3-5-15(13)14-6-9-20(10-7-14)27(24,25)16-8-11-26-12-18(16,22)17(21)19-23/h2-5,14,16,22-23H,6-12H2,1H3,(H,19,21). The van der Waals surface area contributed by atoms with Crippen molar-refractivity contribution >= 4 is 15.9 Å². The van der Waals surface area contributed by atoms with Crippen molar-refractivity contribution in [3.8, 4) is 0 Å². The van der Waals surface area contributed by atoms with E-state index < -0.39 is 33.4 Å². The highest BCUT2D eigenvalue weighted by Gasteiger charge is 2.54. The van der Waals surface area contributed by atoms with Crippen LogP contribution in [0.15, 0.2) is 24.3 Å². The Labute approximate surface area is 159 Å². The number of nitrogens with one attached hydrogen (secondary N) is 1. The summed E-state index contributed by atoms with van der Waals surface area (Å²) in [7, 11) is -3.93. The van der Waals surface area contributed by atoms with Gasteiger partial charge in [0.1, 0.15) is 5.25 Å². The lowest BCUT2D eigenvalue weighted by Crippen LogP contribution is -2.64. The summed E-state index contributed by atoms with van der Waals surface area (Å²) in [5.74, 6) is -0.877. The molecule has 2 aliphatic rings. The summed E-state index contributed by atoms with van der Waals surface area (Å²) in [5.41, 5.74) is 1.48. The second-order valence-electron chi connectivity index (χ2n) is 7.27. The SMILES string of the molecule is Cc1ccccc1C1CCN(S(=O)(=O)C2CCOCC2(O)C(=O)NO)CC1. The van der Waals surface area contributed by atoms with Gasteiger partial charge in [0.2, 0.25) is 10.0 Å². The third-order valence-electron chi connectivity index (χ3n) is 5.68. The maximum absolute atomic E-state index is 13.1. The number of ether oxygens (including phenoxy) is 1. The van der Waals surface area contributed by atoms with Gasteiger partial charge in [-0.1, -0.05) is 24.3 Å². The van der Waals surface area contributed by atoms with Gasteiger partial charge in [-0.2, -0.15) is 0 Å². The third-order valence-corrected chi connectivity index (χ3v) is 8.11. The van der Waals surface area contributed by atoms with Gasteiger partial charge in [-0.05, 0) is 43.2 Å². The quantitative estimate of drug-likeness (QED) is 0.503. The predicted octanol–water partition coefficient (Wildman–Crippen LogP) is 0.530. The maximum Gasteiger partial charge on any atom is 0.279 e. The molecule has 2 saturated heterocycles. The molecule has 2 aliphatic heterocycles. The van der Waals surface area contributed by atoms with E-state index in [-0.39, 0.29) is 18.9 Å². The molecule has 1 amide bonds. The van der Waals surface area contributed by atoms with Crippen LogP contribution in [0.25, 0.3) is 0 Å². The molecule has 9 heteroatoms. The summed E-state index contributed by atoms with van der Waals surface area (Å²) in [6, 6.07) is 8.10. The Balaban J connectivity index is 1.76. The van der Waals surface area contributed by atoms with E-state index in [2.05, 4.69) is 6.07 Å². The van der Waals surface area contributed by atoms with Gasteiger partial charge in [-0.25, -0.2) is 18.2 Å². The molecule has 150 valence electrons. The fourth-order valence-electron chi connectivity index (χ4n) is 4.10. The Hall–Kier alpha value is -1.52. The van der Waals surface area contributed by atoms with Crippen molar-refractivity contribution in [2.75, 3.05) is 26.3 Å². The second-order valence-corrected chi connectivity index (χ2v) is 9.39. The maximum atomic E-state index is 13.1. The summed E-state index contributed by atoms with van der Waals surface area (Å²) < 4.78 is 32.7. The summed E-state index contributed by atoms with van der Waals surface area (Å²) in [6.07, 6.45) is 1.35. The van der Waals surface area contributed by atoms with Crippen molar-refractivity contribution in [2.45, 2.75) is 43.0 Å². The number of hydrogen-bond acceptors (Lipinski definition) is 6. The van der Waals surface area contributed by atoms with Crippen molar-refractivity contribution in [1.29, 1.82) is 0 Å². The lowest BCUT2D eigenvalue weighted by atomic mass is 9.87. The fourth-order valence-corrected chi connectivity index (χ4v) is 6.24. The molecule has 0 aromatic heterocycles. The summed E-state index contributed by atoms with van der Waals surface area (Å²) >= 11 is 0. The minimum atomic E-state index is -3.93. The molecule has 8 nitrogen and oxygen atoms in total. The number of nitrogens with zero attached hydrogens (tertiary/aromatic N) is 1. The Kier molecular flexibility index (Phi) is 5.87. The highest BCUT2D eigenvalue weighted by Crippen LogP contribution is 2.34. The number of aryl methyl sites for hydroxylation is 1. The normalized spacial score (nSPS) is 28.0. The average molecular weight is 398 g/mol. The van der Waals surface area contributed by atoms with Crippen LogP contribution in [0, 0.1) is 6.92 Å². The van der Waals surface area contributed by atoms with Gasteiger partial charge < -0.3 is 9.84 Å². The first kappa shape index (κ1) is 20.2. The number of aliphatic hydroxyl groups is 1. The number of amides is 1. The summed E-state index contributed by atoms with van der Waals surface area (Å²) in [4.78, 5) is 11.9. The van der Waals surface area contributed by atoms with Crippen molar-refractivity contribution in [1.82, 2.24) is 9.79 Å². The van der Waals surface area contributed by atoms with E-state index >= 15 is 0 Å². The van der Waals surface area contributed by atoms with Gasteiger partial charge in [-0.15, -0.1) is 0 Å². The molecule has 2 heterocycles. The number of piperidine rings is 1. The number of hydrogen-bond donors (Lipinski definition) is 3. The van der Waals surface area contributed by atoms with Gasteiger partial charge in [-0.3, -0.25) is 10.0 Å². The van der Waals surface area contributed by atoms with Gasteiger partial charge in [0, 0.05) is 19.7 Å². The van der Waals surface area contributed by atoms with Crippen LogP contribution in [0.5, 0.6) is 0 Å². The number of carbonyl (C=O) groups excluding carboxylic acids is 1. The number of rotatable bonds is 4. The number of sulfonamides is 1. The number of carbonyl (C=O) groups is 1. The summed E-state index contributed by atoms with van der Waals surface area (Å²) in [6.45, 7) is 2.37. The first-order valence-electron chi connectivity index (χ1n) is 9.10. The molecule has 3 rings (SSSR count). The first-order valence-corrected chi connectivity index (χ1v) is 10.6. The van der Waals surface area contributed by atoms with Crippen LogP contribution in [0.2, 0.25) is 0 Å². The van der Waals surface area contributed by atoms with E-state index in [9.17, 15) is 18.3 Å². The highest BCUT2D eigenvalue weighted by molar-refractivity contribution is 7.89. The first-order chi connectivity index (χ1) is 12.8. The molecular weight excluding hydrogens is 372 g/mol. The molecular formula is C18H26N2O6S. The number of hydroxylamine groups is 1. The van der Waals surface area contributed by atoms with E-state index in [4.69, 9.17) is 9.94 Å². The molecule has 0 saturated carbocycles. The zero-order valence-corrected chi connectivity index (χ0v) is 16.1. The Morgan fingerprint density at radius 3 is 2.56 bits per heavy atom. The molecule has 2 fully saturated rings. The molecule has 0 radical (unpaired) electrons. The molecule has 0 bridgehead atoms. The van der Waals surface area contributed by atoms with Crippen LogP contribution in [0.3, 0.4) is 0 Å². The average Bonchev–Trinajstić information content (AvgIpc) is 2.68. The minimum absolute atomic E-state index is 0.00995. The fraction of sp³-hybridized carbons (Fsp3) is 0.611. The van der Waals surface area contributed by atoms with Crippen LogP contribution in [0.4, 0.5) is 0 Å². The van der Waals surface area contributed by atoms with Gasteiger partial charge in [0.15, 0.2) is 5.60 Å². The van der Waals surface area contributed by atoms with Crippen LogP contribution in [0.1, 0.15) is 36.3 Å². The number of benzene rings is 1. The van der Waals surface area contributed by atoms with Crippen molar-refractivity contribution < 1.29 is 28.3 Å². The predicted molar refractivity (Wildman–Crippen MR) is 97.7 cm³/mol. The molecule has 2 unspecified atom stereocenters. The Morgan fingerprint density at radius 2 is 1.93 bits per heavy atom. The van der Waals surface area contributed by atoms with Crippen molar-refractivity contribution in [3.63, 3.8) is 0 Å². The molecule has 27 heavy (non-hydrogen) atoms. The second kappa shape index (κ2) is 7.84. The lowest BCUT2D eigenvalue weighted by Gasteiger charge is -2.41. The van der Waals surface area contributed by atoms with Crippen LogP contribution in [-0.2, 0) is 19.6 Å². The van der Waals surface area contributed by atoms with E-state index in [1.54, 1.807) is 0 Å². The Bertz CT molecular complexity index is 791. The molecule has 0 aliphatic carbocycles. The topological polar surface area (TPSA) is 116 Å². The molecule has 0 spiro atoms. The van der Waals surface area contributed by atoms with Crippen LogP contribution >= 0.6 is 0 Å². The van der Waals surface area contributed by atoms with Crippen molar-refractivity contribution in [2.24, 2.45) is 0 Å². The van der Waals surface area contributed by atoms with Crippen LogP contribution < -0.4 is 5.48 Å². The summed E-state index contributed by atoms with van der Waals surface area (Å²) in [5, 5.41) is 18.2. The minimum Gasteiger partial charge on any atom is -0.378 e. The largest absolute Gasteiger partial charge is 0.378 e. The zero-order chi connectivity index (χ0) is 19.7. The van der Waals surface area contributed by atoms with E-state index in [1.807, 2.05) is 25.1 Å². The van der Waals surface area contributed by atoms with E-state index in [0.717, 1.165) is 0 Å². The molecule has 1 aromatic rings. The third kappa shape index (κ3) is 3.74. The zero-order valence-electron chi connectivity index (χ0n) is 15.3. The Morgan fingerprint density at radius 1 is 1.26 bits per heavy atom. The van der Waals surface area contributed by atoms with Gasteiger partial charge in [0.05, 0.1) is 6.61 Å². The smallest absolute Gasteiger partial charge is 0.279 e. The van der Waals surface area contributed by atoms with Gasteiger partial charge >= 0.3 is 0 Å². The van der Waals surface area contributed by atoms with E-state index in [0.29, 0.717) is 25.9 Å².